The normalized spacial score (nSPS) is 10.4. The Morgan fingerprint density at radius 3 is 2.56 bits per heavy atom. The highest BCUT2D eigenvalue weighted by molar-refractivity contribution is 9.11. The molecule has 18 heavy (non-hydrogen) atoms. The van der Waals surface area contributed by atoms with Crippen LogP contribution in [0.25, 0.3) is 0 Å². The van der Waals surface area contributed by atoms with Crippen LogP contribution in [-0.4, -0.2) is 0 Å². The summed E-state index contributed by atoms with van der Waals surface area (Å²) in [5, 5.41) is 3.85. The van der Waals surface area contributed by atoms with Crippen LogP contribution in [-0.2, 0) is 6.54 Å². The van der Waals surface area contributed by atoms with E-state index in [4.69, 9.17) is 11.6 Å². The van der Waals surface area contributed by atoms with Gasteiger partial charge in [-0.2, -0.15) is 0 Å². The maximum absolute atomic E-state index is 13.3. The van der Waals surface area contributed by atoms with Gasteiger partial charge >= 0.3 is 0 Å². The van der Waals surface area contributed by atoms with Crippen molar-refractivity contribution in [2.45, 2.75) is 6.54 Å². The molecule has 2 aromatic carbocycles. The van der Waals surface area contributed by atoms with Crippen molar-refractivity contribution in [3.63, 3.8) is 0 Å². The van der Waals surface area contributed by atoms with Crippen molar-refractivity contribution < 1.29 is 4.39 Å². The zero-order valence-corrected chi connectivity index (χ0v) is 13.1. The molecule has 0 spiro atoms. The maximum Gasteiger partial charge on any atom is 0.137 e. The lowest BCUT2D eigenvalue weighted by Crippen LogP contribution is -2.01. The minimum absolute atomic E-state index is 0.264. The Morgan fingerprint density at radius 2 is 1.78 bits per heavy atom. The van der Waals surface area contributed by atoms with E-state index in [1.807, 2.05) is 18.2 Å². The standard InChI is InChI=1S/C13H9Br2ClFN/c14-12-8(3-1-5-10(12)17)7-18-11-6-2-4-9(16)13(11)15/h1-6,18H,7H2. The van der Waals surface area contributed by atoms with Gasteiger partial charge in [-0.15, -0.1) is 0 Å². The average molecular weight is 393 g/mol. The van der Waals surface area contributed by atoms with Gasteiger partial charge in [-0.05, 0) is 55.6 Å². The van der Waals surface area contributed by atoms with Crippen molar-refractivity contribution in [1.82, 2.24) is 0 Å². The SMILES string of the molecule is Fc1cccc(CNc2cccc(Cl)c2Br)c1Br. The summed E-state index contributed by atoms with van der Waals surface area (Å²) in [4.78, 5) is 0. The predicted octanol–water partition coefficient (Wildman–Crippen LogP) is 5.62. The Labute approximate surface area is 127 Å². The van der Waals surface area contributed by atoms with Gasteiger partial charge in [-0.25, -0.2) is 4.39 Å². The van der Waals surface area contributed by atoms with Gasteiger partial charge in [-0.3, -0.25) is 0 Å². The smallest absolute Gasteiger partial charge is 0.137 e. The average Bonchev–Trinajstić information content (AvgIpc) is 2.36. The van der Waals surface area contributed by atoms with Crippen LogP contribution in [0.1, 0.15) is 5.56 Å². The monoisotopic (exact) mass is 391 g/mol. The Morgan fingerprint density at radius 1 is 1.06 bits per heavy atom. The number of anilines is 1. The molecule has 0 fully saturated rings. The van der Waals surface area contributed by atoms with Crippen LogP contribution in [0.15, 0.2) is 45.3 Å². The van der Waals surface area contributed by atoms with E-state index < -0.39 is 0 Å². The van der Waals surface area contributed by atoms with E-state index in [0.29, 0.717) is 16.0 Å². The summed E-state index contributed by atoms with van der Waals surface area (Å²) in [5.74, 6) is -0.264. The molecule has 0 heterocycles. The van der Waals surface area contributed by atoms with E-state index >= 15 is 0 Å². The summed E-state index contributed by atoms with van der Waals surface area (Å²) in [6.45, 7) is 0.511. The Balaban J connectivity index is 2.17. The van der Waals surface area contributed by atoms with Gasteiger partial charge in [0, 0.05) is 6.54 Å². The summed E-state index contributed by atoms with van der Waals surface area (Å²) in [7, 11) is 0. The first-order valence-electron chi connectivity index (χ1n) is 5.20. The van der Waals surface area contributed by atoms with E-state index in [1.165, 1.54) is 6.07 Å². The van der Waals surface area contributed by atoms with Crippen molar-refractivity contribution in [1.29, 1.82) is 0 Å². The van der Waals surface area contributed by atoms with Crippen LogP contribution in [0, 0.1) is 5.82 Å². The van der Waals surface area contributed by atoms with E-state index in [1.54, 1.807) is 12.1 Å². The maximum atomic E-state index is 13.3. The first-order valence-corrected chi connectivity index (χ1v) is 7.17. The molecular formula is C13H9Br2ClFN. The van der Waals surface area contributed by atoms with Crippen molar-refractivity contribution >= 4 is 49.1 Å². The van der Waals surface area contributed by atoms with Gasteiger partial charge in [0.15, 0.2) is 0 Å². The Kier molecular flexibility index (Phi) is 4.65. The molecule has 94 valence electrons. The molecule has 0 radical (unpaired) electrons. The number of nitrogens with one attached hydrogen (secondary N) is 1. The molecule has 0 saturated heterocycles. The van der Waals surface area contributed by atoms with Crippen molar-refractivity contribution in [3.8, 4) is 0 Å². The molecule has 0 atom stereocenters. The Hall–Kier alpha value is -0.580. The molecular weight excluding hydrogens is 384 g/mol. The molecule has 0 bridgehead atoms. The summed E-state index contributed by atoms with van der Waals surface area (Å²) >= 11 is 12.6. The third kappa shape index (κ3) is 3.05. The fourth-order valence-electron chi connectivity index (χ4n) is 1.52. The minimum atomic E-state index is -0.264. The molecule has 0 aliphatic rings. The second-order valence-electron chi connectivity index (χ2n) is 3.67. The summed E-state index contributed by atoms with van der Waals surface area (Å²) in [6, 6.07) is 10.5. The molecule has 0 unspecified atom stereocenters. The molecule has 0 aliphatic carbocycles. The van der Waals surface area contributed by atoms with E-state index in [9.17, 15) is 4.39 Å². The lowest BCUT2D eigenvalue weighted by Gasteiger charge is -2.11. The van der Waals surface area contributed by atoms with Gasteiger partial charge in [0.25, 0.3) is 0 Å². The van der Waals surface area contributed by atoms with E-state index in [0.717, 1.165) is 15.7 Å². The molecule has 5 heteroatoms. The van der Waals surface area contributed by atoms with E-state index in [-0.39, 0.29) is 5.82 Å². The zero-order chi connectivity index (χ0) is 13.1. The van der Waals surface area contributed by atoms with Gasteiger partial charge in [-0.1, -0.05) is 29.8 Å². The van der Waals surface area contributed by atoms with Crippen LogP contribution in [0.3, 0.4) is 0 Å². The van der Waals surface area contributed by atoms with Crippen molar-refractivity contribution in [3.05, 3.63) is 61.7 Å². The van der Waals surface area contributed by atoms with Crippen LogP contribution >= 0.6 is 43.5 Å². The predicted molar refractivity (Wildman–Crippen MR) is 80.6 cm³/mol. The topological polar surface area (TPSA) is 12.0 Å². The number of rotatable bonds is 3. The molecule has 2 aromatic rings. The number of halogens is 4. The second-order valence-corrected chi connectivity index (χ2v) is 5.66. The third-order valence-electron chi connectivity index (χ3n) is 2.45. The largest absolute Gasteiger partial charge is 0.380 e. The van der Waals surface area contributed by atoms with Gasteiger partial charge in [0.05, 0.1) is 19.7 Å². The number of hydrogen-bond acceptors (Lipinski definition) is 1. The minimum Gasteiger partial charge on any atom is -0.380 e. The van der Waals surface area contributed by atoms with Crippen molar-refractivity contribution in [2.75, 3.05) is 5.32 Å². The third-order valence-corrected chi connectivity index (χ3v) is 4.74. The highest BCUT2D eigenvalue weighted by Crippen LogP contribution is 2.31. The lowest BCUT2D eigenvalue weighted by molar-refractivity contribution is 0.618. The molecule has 1 N–H and O–H groups in total. The van der Waals surface area contributed by atoms with Crippen LogP contribution in [0.4, 0.5) is 10.1 Å². The quantitative estimate of drug-likeness (QED) is 0.714. The Bertz CT molecular complexity index is 523. The fourth-order valence-corrected chi connectivity index (χ4v) is 2.50. The lowest BCUT2D eigenvalue weighted by atomic mass is 10.2. The highest BCUT2D eigenvalue weighted by Gasteiger charge is 2.07. The zero-order valence-electron chi connectivity index (χ0n) is 9.18. The molecule has 0 aromatic heterocycles. The van der Waals surface area contributed by atoms with Crippen LogP contribution < -0.4 is 5.32 Å². The van der Waals surface area contributed by atoms with Gasteiger partial charge in [0.2, 0.25) is 0 Å². The molecule has 0 saturated carbocycles. The molecule has 2 rings (SSSR count). The number of hydrogen-bond donors (Lipinski definition) is 1. The highest BCUT2D eigenvalue weighted by atomic mass is 79.9. The van der Waals surface area contributed by atoms with Crippen molar-refractivity contribution in [2.24, 2.45) is 0 Å². The summed E-state index contributed by atoms with van der Waals surface area (Å²) in [5.41, 5.74) is 1.72. The second kappa shape index (κ2) is 6.04. The van der Waals surface area contributed by atoms with Gasteiger partial charge in [0.1, 0.15) is 5.82 Å². The summed E-state index contributed by atoms with van der Waals surface area (Å²) < 4.78 is 14.6. The van der Waals surface area contributed by atoms with Crippen LogP contribution in [0.2, 0.25) is 5.02 Å². The summed E-state index contributed by atoms with van der Waals surface area (Å²) in [6.07, 6.45) is 0. The first kappa shape index (κ1) is 13.8. The van der Waals surface area contributed by atoms with Gasteiger partial charge < -0.3 is 5.32 Å². The van der Waals surface area contributed by atoms with E-state index in [2.05, 4.69) is 37.2 Å². The van der Waals surface area contributed by atoms with Crippen LogP contribution in [0.5, 0.6) is 0 Å². The molecule has 1 nitrogen and oxygen atoms in total. The molecule has 0 aliphatic heterocycles. The number of benzene rings is 2. The first-order chi connectivity index (χ1) is 8.59. The fraction of sp³-hybridized carbons (Fsp3) is 0.0769. The molecule has 0 amide bonds.